The van der Waals surface area contributed by atoms with Crippen molar-refractivity contribution in [1.82, 2.24) is 14.7 Å². The fourth-order valence-electron chi connectivity index (χ4n) is 5.27. The van der Waals surface area contributed by atoms with Crippen LogP contribution in [0.5, 0.6) is 0 Å². The summed E-state index contributed by atoms with van der Waals surface area (Å²) in [6, 6.07) is 7.66. The van der Waals surface area contributed by atoms with E-state index in [0.717, 1.165) is 39.4 Å². The van der Waals surface area contributed by atoms with Crippen LogP contribution in [0.2, 0.25) is 0 Å². The second-order valence-electron chi connectivity index (χ2n) is 9.28. The predicted molar refractivity (Wildman–Crippen MR) is 115 cm³/mol. The summed E-state index contributed by atoms with van der Waals surface area (Å²) in [5, 5.41) is 0. The SMILES string of the molecule is Fc1ccc(CN2CCN3CC(COCCCN4CCCCC4)CCC3C2)cc1. The summed E-state index contributed by atoms with van der Waals surface area (Å²) in [7, 11) is 0. The minimum atomic E-state index is -0.148. The van der Waals surface area contributed by atoms with Gasteiger partial charge in [-0.1, -0.05) is 18.6 Å². The molecule has 3 aliphatic rings. The zero-order chi connectivity index (χ0) is 19.9. The molecule has 4 rings (SSSR count). The van der Waals surface area contributed by atoms with E-state index >= 15 is 0 Å². The first kappa shape index (κ1) is 21.2. The number of benzene rings is 1. The first-order valence-electron chi connectivity index (χ1n) is 11.8. The number of ether oxygens (including phenoxy) is 1. The molecule has 0 aliphatic carbocycles. The number of fused-ring (bicyclic) bond motifs is 1. The second kappa shape index (κ2) is 10.9. The van der Waals surface area contributed by atoms with Crippen LogP contribution in [0.1, 0.15) is 44.1 Å². The quantitative estimate of drug-likeness (QED) is 0.617. The van der Waals surface area contributed by atoms with Crippen molar-refractivity contribution in [3.63, 3.8) is 0 Å². The van der Waals surface area contributed by atoms with Gasteiger partial charge in [0.2, 0.25) is 0 Å². The lowest BCUT2D eigenvalue weighted by atomic mass is 9.91. The molecule has 2 unspecified atom stereocenters. The standard InChI is InChI=1S/C24H38FN3O/c25-23-8-5-21(6-9-23)17-27-14-15-28-18-22(7-10-24(28)19-27)20-29-16-4-13-26-11-2-1-3-12-26/h5-6,8-9,22,24H,1-4,7,10-20H2. The lowest BCUT2D eigenvalue weighted by molar-refractivity contribution is -0.00316. The number of nitrogens with zero attached hydrogens (tertiary/aromatic N) is 3. The Morgan fingerprint density at radius 3 is 2.55 bits per heavy atom. The van der Waals surface area contributed by atoms with Gasteiger partial charge >= 0.3 is 0 Å². The smallest absolute Gasteiger partial charge is 0.123 e. The largest absolute Gasteiger partial charge is 0.381 e. The second-order valence-corrected chi connectivity index (χ2v) is 9.28. The molecular formula is C24H38FN3O. The van der Waals surface area contributed by atoms with E-state index in [2.05, 4.69) is 14.7 Å². The molecule has 3 fully saturated rings. The van der Waals surface area contributed by atoms with Crippen molar-refractivity contribution in [2.24, 2.45) is 5.92 Å². The Morgan fingerprint density at radius 1 is 0.897 bits per heavy atom. The van der Waals surface area contributed by atoms with Gasteiger partial charge in [0.05, 0.1) is 6.61 Å². The summed E-state index contributed by atoms with van der Waals surface area (Å²) >= 11 is 0. The van der Waals surface area contributed by atoms with Crippen molar-refractivity contribution in [3.8, 4) is 0 Å². The fraction of sp³-hybridized carbons (Fsp3) is 0.750. The van der Waals surface area contributed by atoms with Gasteiger partial charge in [0.25, 0.3) is 0 Å². The topological polar surface area (TPSA) is 19.0 Å². The Morgan fingerprint density at radius 2 is 1.72 bits per heavy atom. The van der Waals surface area contributed by atoms with Gasteiger partial charge in [0.15, 0.2) is 0 Å². The van der Waals surface area contributed by atoms with Crippen LogP contribution in [-0.2, 0) is 11.3 Å². The van der Waals surface area contributed by atoms with Crippen LogP contribution < -0.4 is 0 Å². The van der Waals surface area contributed by atoms with Crippen LogP contribution in [-0.4, -0.2) is 79.8 Å². The van der Waals surface area contributed by atoms with Crippen molar-refractivity contribution in [1.29, 1.82) is 0 Å². The minimum absolute atomic E-state index is 0.148. The number of piperazine rings is 1. The molecule has 0 amide bonds. The molecule has 1 aromatic rings. The molecule has 0 spiro atoms. The summed E-state index contributed by atoms with van der Waals surface area (Å²) in [6.07, 6.45) is 7.91. The van der Waals surface area contributed by atoms with E-state index in [1.54, 1.807) is 12.1 Å². The van der Waals surface area contributed by atoms with Crippen LogP contribution in [0.3, 0.4) is 0 Å². The van der Waals surface area contributed by atoms with E-state index < -0.39 is 0 Å². The highest BCUT2D eigenvalue weighted by Gasteiger charge is 2.32. The molecule has 1 aromatic carbocycles. The van der Waals surface area contributed by atoms with E-state index in [4.69, 9.17) is 4.74 Å². The minimum Gasteiger partial charge on any atom is -0.381 e. The normalized spacial score (nSPS) is 27.1. The van der Waals surface area contributed by atoms with Gasteiger partial charge in [0, 0.05) is 51.9 Å². The van der Waals surface area contributed by atoms with Crippen LogP contribution in [0.15, 0.2) is 24.3 Å². The molecule has 3 aliphatic heterocycles. The zero-order valence-corrected chi connectivity index (χ0v) is 17.9. The Kier molecular flexibility index (Phi) is 7.94. The number of likely N-dealkylation sites (tertiary alicyclic amines) is 1. The summed E-state index contributed by atoms with van der Waals surface area (Å²) in [6.45, 7) is 11.2. The zero-order valence-electron chi connectivity index (χ0n) is 17.9. The monoisotopic (exact) mass is 403 g/mol. The molecule has 0 bridgehead atoms. The first-order chi connectivity index (χ1) is 14.3. The number of piperidine rings is 2. The average Bonchev–Trinajstić information content (AvgIpc) is 2.76. The molecule has 0 saturated carbocycles. The number of hydrogen-bond donors (Lipinski definition) is 0. The summed E-state index contributed by atoms with van der Waals surface area (Å²) in [5.41, 5.74) is 1.21. The van der Waals surface area contributed by atoms with Gasteiger partial charge in [-0.3, -0.25) is 9.80 Å². The van der Waals surface area contributed by atoms with Crippen LogP contribution in [0.4, 0.5) is 4.39 Å². The van der Waals surface area contributed by atoms with Crippen molar-refractivity contribution in [2.75, 3.05) is 59.0 Å². The van der Waals surface area contributed by atoms with Gasteiger partial charge < -0.3 is 9.64 Å². The molecule has 0 aromatic heterocycles. The Hall–Kier alpha value is -1.01. The van der Waals surface area contributed by atoms with Gasteiger partial charge in [0.1, 0.15) is 5.82 Å². The lowest BCUT2D eigenvalue weighted by Gasteiger charge is -2.46. The van der Waals surface area contributed by atoms with E-state index in [1.165, 1.54) is 70.3 Å². The Bertz CT molecular complexity index is 605. The molecule has 29 heavy (non-hydrogen) atoms. The van der Waals surface area contributed by atoms with Crippen molar-refractivity contribution < 1.29 is 9.13 Å². The fourth-order valence-corrected chi connectivity index (χ4v) is 5.27. The highest BCUT2D eigenvalue weighted by molar-refractivity contribution is 5.16. The summed E-state index contributed by atoms with van der Waals surface area (Å²) < 4.78 is 19.2. The van der Waals surface area contributed by atoms with Crippen LogP contribution in [0.25, 0.3) is 0 Å². The molecule has 3 heterocycles. The number of hydrogen-bond acceptors (Lipinski definition) is 4. The first-order valence-corrected chi connectivity index (χ1v) is 11.8. The van der Waals surface area contributed by atoms with Crippen LogP contribution >= 0.6 is 0 Å². The third-order valence-electron chi connectivity index (χ3n) is 6.97. The van der Waals surface area contributed by atoms with Crippen LogP contribution in [0, 0.1) is 11.7 Å². The maximum Gasteiger partial charge on any atom is 0.123 e. The highest BCUT2D eigenvalue weighted by Crippen LogP contribution is 2.26. The van der Waals surface area contributed by atoms with E-state index in [1.807, 2.05) is 12.1 Å². The molecule has 2 atom stereocenters. The molecule has 162 valence electrons. The van der Waals surface area contributed by atoms with Crippen molar-refractivity contribution in [2.45, 2.75) is 51.1 Å². The predicted octanol–water partition coefficient (Wildman–Crippen LogP) is 3.61. The van der Waals surface area contributed by atoms with Crippen molar-refractivity contribution >= 4 is 0 Å². The molecule has 0 radical (unpaired) electrons. The maximum atomic E-state index is 13.1. The van der Waals surface area contributed by atoms with Gasteiger partial charge in [-0.2, -0.15) is 0 Å². The third-order valence-corrected chi connectivity index (χ3v) is 6.97. The molecule has 4 nitrogen and oxygen atoms in total. The Balaban J connectivity index is 1.11. The molecule has 5 heteroatoms. The average molecular weight is 404 g/mol. The van der Waals surface area contributed by atoms with Gasteiger partial charge in [-0.05, 0) is 68.8 Å². The molecule has 3 saturated heterocycles. The number of halogens is 1. The molecular weight excluding hydrogens is 365 g/mol. The van der Waals surface area contributed by atoms with E-state index in [0.29, 0.717) is 12.0 Å². The number of rotatable bonds is 8. The van der Waals surface area contributed by atoms with Gasteiger partial charge in [-0.15, -0.1) is 0 Å². The Labute approximate surface area is 176 Å². The third kappa shape index (κ3) is 6.48. The lowest BCUT2D eigenvalue weighted by Crippen LogP contribution is -2.56. The van der Waals surface area contributed by atoms with E-state index in [9.17, 15) is 4.39 Å². The van der Waals surface area contributed by atoms with Crippen molar-refractivity contribution in [3.05, 3.63) is 35.6 Å². The summed E-state index contributed by atoms with van der Waals surface area (Å²) in [4.78, 5) is 7.82. The summed E-state index contributed by atoms with van der Waals surface area (Å²) in [5.74, 6) is 0.551. The highest BCUT2D eigenvalue weighted by atomic mass is 19.1. The molecule has 0 N–H and O–H groups in total. The van der Waals surface area contributed by atoms with E-state index in [-0.39, 0.29) is 5.82 Å². The van der Waals surface area contributed by atoms with Gasteiger partial charge in [-0.25, -0.2) is 4.39 Å². The maximum absolute atomic E-state index is 13.1.